The zero-order valence-electron chi connectivity index (χ0n) is 17.3. The van der Waals surface area contributed by atoms with Gasteiger partial charge in [-0.3, -0.25) is 9.79 Å². The van der Waals surface area contributed by atoms with Gasteiger partial charge in [-0.1, -0.05) is 37.9 Å². The Kier molecular flexibility index (Phi) is 8.55. The second-order valence-corrected chi connectivity index (χ2v) is 8.82. The predicted octanol–water partition coefficient (Wildman–Crippen LogP) is 4.45. The van der Waals surface area contributed by atoms with Crippen molar-refractivity contribution in [1.82, 2.24) is 10.3 Å². The molecule has 0 aliphatic carbocycles. The summed E-state index contributed by atoms with van der Waals surface area (Å²) in [4.78, 5) is 33.8. The SMILES string of the molecule is CCOC(=O)Cc1csc(C2=NC(c3ccc(F)cc3Br)C(C(=O)OCC)=C(CBr)N2)n1. The highest BCUT2D eigenvalue weighted by Gasteiger charge is 2.33. The van der Waals surface area contributed by atoms with E-state index in [9.17, 15) is 14.0 Å². The molecule has 1 aromatic heterocycles. The molecule has 2 aromatic rings. The van der Waals surface area contributed by atoms with Crippen molar-refractivity contribution in [3.63, 3.8) is 0 Å². The number of hydrogen-bond acceptors (Lipinski definition) is 8. The molecule has 1 atom stereocenters. The number of hydrogen-bond donors (Lipinski definition) is 1. The molecule has 0 amide bonds. The van der Waals surface area contributed by atoms with E-state index in [-0.39, 0.29) is 19.0 Å². The Morgan fingerprint density at radius 2 is 2.00 bits per heavy atom. The molecule has 170 valence electrons. The van der Waals surface area contributed by atoms with Crippen molar-refractivity contribution >= 4 is 61.0 Å². The Hall–Kier alpha value is -2.11. The normalized spacial score (nSPS) is 15.8. The van der Waals surface area contributed by atoms with Gasteiger partial charge in [-0.25, -0.2) is 14.2 Å². The maximum absolute atomic E-state index is 13.7. The molecule has 0 fully saturated rings. The van der Waals surface area contributed by atoms with Crippen molar-refractivity contribution in [2.75, 3.05) is 18.5 Å². The number of nitrogens with zero attached hydrogens (tertiary/aromatic N) is 2. The van der Waals surface area contributed by atoms with Crippen molar-refractivity contribution in [1.29, 1.82) is 0 Å². The molecule has 1 N–H and O–H groups in total. The van der Waals surface area contributed by atoms with Gasteiger partial charge in [0.25, 0.3) is 0 Å². The molecule has 1 aliphatic rings. The number of allylic oxidation sites excluding steroid dienone is 1. The zero-order valence-corrected chi connectivity index (χ0v) is 21.3. The van der Waals surface area contributed by atoms with Crippen molar-refractivity contribution in [2.45, 2.75) is 26.3 Å². The van der Waals surface area contributed by atoms with Crippen LogP contribution in [0.2, 0.25) is 0 Å². The molecule has 0 saturated heterocycles. The van der Waals surface area contributed by atoms with Crippen LogP contribution < -0.4 is 5.32 Å². The Balaban J connectivity index is 2.03. The fourth-order valence-electron chi connectivity index (χ4n) is 3.06. The molecule has 0 saturated carbocycles. The number of aliphatic imine (C=N–C) groups is 1. The Bertz CT molecular complexity index is 1090. The van der Waals surface area contributed by atoms with Crippen molar-refractivity contribution in [3.05, 3.63) is 61.4 Å². The number of ether oxygens (including phenoxy) is 2. The largest absolute Gasteiger partial charge is 0.466 e. The number of amidine groups is 1. The van der Waals surface area contributed by atoms with Crippen LogP contribution >= 0.6 is 43.2 Å². The van der Waals surface area contributed by atoms with Gasteiger partial charge in [0.05, 0.1) is 30.9 Å². The van der Waals surface area contributed by atoms with Crippen molar-refractivity contribution in [3.8, 4) is 0 Å². The third-order valence-electron chi connectivity index (χ3n) is 4.40. The molecule has 11 heteroatoms. The van der Waals surface area contributed by atoms with Crippen LogP contribution in [0.1, 0.15) is 36.2 Å². The van der Waals surface area contributed by atoms with Crippen LogP contribution in [-0.2, 0) is 25.5 Å². The standard InChI is InChI=1S/C21H20Br2FN3O4S/c1-3-30-16(28)8-12-10-32-20(25-12)19-26-15(9-22)17(21(29)31-4-2)18(27-19)13-6-5-11(24)7-14(13)23/h5-7,10,18H,3-4,8-9H2,1-2H3,(H,26,27). The van der Waals surface area contributed by atoms with Crippen LogP contribution in [0, 0.1) is 5.82 Å². The fourth-order valence-corrected chi connectivity index (χ4v) is 4.84. The molecule has 7 nitrogen and oxygen atoms in total. The molecule has 1 aliphatic heterocycles. The van der Waals surface area contributed by atoms with Gasteiger partial charge in [-0.15, -0.1) is 11.3 Å². The molecule has 1 aromatic carbocycles. The lowest BCUT2D eigenvalue weighted by Gasteiger charge is -2.26. The lowest BCUT2D eigenvalue weighted by molar-refractivity contribution is -0.142. The average Bonchev–Trinajstić information content (AvgIpc) is 3.21. The molecular formula is C21H20Br2FN3O4S. The highest BCUT2D eigenvalue weighted by atomic mass is 79.9. The summed E-state index contributed by atoms with van der Waals surface area (Å²) >= 11 is 8.12. The highest BCUT2D eigenvalue weighted by molar-refractivity contribution is 9.10. The zero-order chi connectivity index (χ0) is 23.3. The molecule has 2 heterocycles. The lowest BCUT2D eigenvalue weighted by Crippen LogP contribution is -2.34. The van der Waals surface area contributed by atoms with Crippen LogP contribution in [0.3, 0.4) is 0 Å². The number of benzene rings is 1. The number of carbonyl (C=O) groups excluding carboxylic acids is 2. The number of nitrogens with one attached hydrogen (secondary N) is 1. The van der Waals surface area contributed by atoms with Gasteiger partial charge in [0.1, 0.15) is 11.9 Å². The van der Waals surface area contributed by atoms with Crippen LogP contribution in [0.4, 0.5) is 4.39 Å². The monoisotopic (exact) mass is 587 g/mol. The number of thiazole rings is 1. The van der Waals surface area contributed by atoms with Gasteiger partial charge >= 0.3 is 11.9 Å². The van der Waals surface area contributed by atoms with Gasteiger partial charge in [0.15, 0.2) is 10.8 Å². The summed E-state index contributed by atoms with van der Waals surface area (Å²) in [6.07, 6.45) is 0.0553. The molecule has 0 radical (unpaired) electrons. The first-order chi connectivity index (χ1) is 15.4. The highest BCUT2D eigenvalue weighted by Crippen LogP contribution is 2.37. The van der Waals surface area contributed by atoms with E-state index < -0.39 is 17.8 Å². The number of aromatic nitrogens is 1. The van der Waals surface area contributed by atoms with Crippen molar-refractivity contribution in [2.24, 2.45) is 4.99 Å². The lowest BCUT2D eigenvalue weighted by atomic mass is 9.96. The molecular weight excluding hydrogens is 569 g/mol. The van der Waals surface area contributed by atoms with Gasteiger partial charge in [0.2, 0.25) is 0 Å². The van der Waals surface area contributed by atoms with Crippen LogP contribution in [0.15, 0.2) is 44.3 Å². The van der Waals surface area contributed by atoms with E-state index in [0.717, 1.165) is 0 Å². The van der Waals surface area contributed by atoms with Crippen molar-refractivity contribution < 1.29 is 23.5 Å². The number of alkyl halides is 1. The van der Waals surface area contributed by atoms with E-state index in [1.165, 1.54) is 23.5 Å². The second kappa shape index (κ2) is 11.2. The topological polar surface area (TPSA) is 89.9 Å². The number of esters is 2. The van der Waals surface area contributed by atoms with Crippen LogP contribution in [0.5, 0.6) is 0 Å². The first-order valence-electron chi connectivity index (χ1n) is 9.74. The number of carbonyl (C=O) groups is 2. The summed E-state index contributed by atoms with van der Waals surface area (Å²) in [7, 11) is 0. The predicted molar refractivity (Wildman–Crippen MR) is 126 cm³/mol. The molecule has 3 rings (SSSR count). The van der Waals surface area contributed by atoms with Crippen LogP contribution in [0.25, 0.3) is 0 Å². The summed E-state index contributed by atoms with van der Waals surface area (Å²) in [5.41, 5.74) is 2.06. The first kappa shape index (κ1) is 24.5. The fraction of sp³-hybridized carbons (Fsp3) is 0.333. The minimum atomic E-state index is -0.745. The van der Waals surface area contributed by atoms with Gasteiger partial charge in [0, 0.05) is 20.9 Å². The van der Waals surface area contributed by atoms with E-state index in [4.69, 9.17) is 14.5 Å². The van der Waals surface area contributed by atoms with E-state index >= 15 is 0 Å². The summed E-state index contributed by atoms with van der Waals surface area (Å²) in [5, 5.41) is 5.80. The summed E-state index contributed by atoms with van der Waals surface area (Å²) in [6.45, 7) is 3.97. The number of rotatable bonds is 8. The van der Waals surface area contributed by atoms with Gasteiger partial charge in [-0.2, -0.15) is 0 Å². The van der Waals surface area contributed by atoms with Gasteiger partial charge < -0.3 is 14.8 Å². The van der Waals surface area contributed by atoms with E-state index in [1.807, 2.05) is 0 Å². The first-order valence-corrected chi connectivity index (χ1v) is 12.5. The third-order valence-corrected chi connectivity index (χ3v) is 6.54. The minimum absolute atomic E-state index is 0.0553. The van der Waals surface area contributed by atoms with E-state index in [0.29, 0.717) is 49.8 Å². The number of halogens is 3. The van der Waals surface area contributed by atoms with E-state index in [2.05, 4.69) is 42.2 Å². The Morgan fingerprint density at radius 3 is 2.66 bits per heavy atom. The van der Waals surface area contributed by atoms with Crippen LogP contribution in [-0.4, -0.2) is 41.3 Å². The smallest absolute Gasteiger partial charge is 0.338 e. The quantitative estimate of drug-likeness (QED) is 0.362. The summed E-state index contributed by atoms with van der Waals surface area (Å²) in [5.74, 6) is -0.847. The Labute approximate surface area is 205 Å². The average molecular weight is 589 g/mol. The maximum atomic E-state index is 13.7. The second-order valence-electron chi connectivity index (χ2n) is 6.54. The molecule has 32 heavy (non-hydrogen) atoms. The Morgan fingerprint density at radius 1 is 1.25 bits per heavy atom. The third kappa shape index (κ3) is 5.62. The van der Waals surface area contributed by atoms with E-state index in [1.54, 1.807) is 25.3 Å². The minimum Gasteiger partial charge on any atom is -0.466 e. The van der Waals surface area contributed by atoms with Gasteiger partial charge in [-0.05, 0) is 31.5 Å². The molecule has 0 spiro atoms. The molecule has 1 unspecified atom stereocenters. The summed E-state index contributed by atoms with van der Waals surface area (Å²) < 4.78 is 24.4. The summed E-state index contributed by atoms with van der Waals surface area (Å²) in [6, 6.07) is 3.47. The maximum Gasteiger partial charge on any atom is 0.338 e. The molecule has 0 bridgehead atoms.